The summed E-state index contributed by atoms with van der Waals surface area (Å²) in [6.45, 7) is 2.16. The van der Waals surface area contributed by atoms with E-state index in [1.54, 1.807) is 14.2 Å². The molecule has 0 N–H and O–H groups in total. The molecule has 0 aliphatic carbocycles. The highest BCUT2D eigenvalue weighted by Crippen LogP contribution is 2.28. The molecule has 1 aliphatic heterocycles. The number of hydrogen-bond donors (Lipinski definition) is 0. The first-order chi connectivity index (χ1) is 11.2. The third-order valence-corrected chi connectivity index (χ3v) is 4.31. The molecule has 0 fully saturated rings. The van der Waals surface area contributed by atoms with Gasteiger partial charge in [0.25, 0.3) is 0 Å². The number of fused-ring (bicyclic) bond motifs is 1. The van der Waals surface area contributed by atoms with Crippen molar-refractivity contribution >= 4 is 5.91 Å². The van der Waals surface area contributed by atoms with Gasteiger partial charge in [-0.05, 0) is 36.2 Å². The zero-order chi connectivity index (χ0) is 16.2. The zero-order valence-electron chi connectivity index (χ0n) is 13.6. The van der Waals surface area contributed by atoms with Gasteiger partial charge >= 0.3 is 0 Å². The monoisotopic (exact) mass is 314 g/mol. The van der Waals surface area contributed by atoms with Crippen molar-refractivity contribution in [2.75, 3.05) is 20.8 Å². The number of nitrogens with zero attached hydrogens (tertiary/aromatic N) is 2. The topological polar surface area (TPSA) is 43.7 Å². The lowest BCUT2D eigenvalue weighted by Crippen LogP contribution is -2.31. The van der Waals surface area contributed by atoms with Crippen molar-refractivity contribution in [1.29, 1.82) is 0 Å². The van der Waals surface area contributed by atoms with Crippen LogP contribution in [0.2, 0.25) is 0 Å². The molecule has 122 valence electrons. The molecule has 2 aromatic rings. The van der Waals surface area contributed by atoms with Crippen molar-refractivity contribution in [3.63, 3.8) is 0 Å². The molecule has 1 aliphatic rings. The average Bonchev–Trinajstić information content (AvgIpc) is 2.97. The molecule has 3 rings (SSSR count). The molecule has 5 nitrogen and oxygen atoms in total. The fourth-order valence-electron chi connectivity index (χ4n) is 2.97. The number of amides is 1. The van der Waals surface area contributed by atoms with Gasteiger partial charge < -0.3 is 18.9 Å². The molecule has 1 aromatic heterocycles. The van der Waals surface area contributed by atoms with E-state index in [2.05, 4.69) is 10.6 Å². The van der Waals surface area contributed by atoms with E-state index in [1.807, 2.05) is 35.4 Å². The van der Waals surface area contributed by atoms with Gasteiger partial charge in [-0.2, -0.15) is 0 Å². The minimum Gasteiger partial charge on any atom is -0.493 e. The average molecular weight is 314 g/mol. The van der Waals surface area contributed by atoms with Gasteiger partial charge in [-0.3, -0.25) is 4.79 Å². The van der Waals surface area contributed by atoms with Crippen molar-refractivity contribution in [2.24, 2.45) is 0 Å². The standard InChI is InChI=1S/C18H22N2O3/c1-22-16-6-5-14(12-17(16)23-2)7-10-20-13-15-4-3-9-19(15)11-8-18(20)21/h3-6,9,12H,7-8,10-11,13H2,1-2H3. The predicted molar refractivity (Wildman–Crippen MR) is 87.7 cm³/mol. The van der Waals surface area contributed by atoms with Gasteiger partial charge in [0, 0.05) is 31.4 Å². The Labute approximate surface area is 136 Å². The van der Waals surface area contributed by atoms with Crippen molar-refractivity contribution in [2.45, 2.75) is 25.9 Å². The van der Waals surface area contributed by atoms with Crippen molar-refractivity contribution in [3.8, 4) is 11.5 Å². The Balaban J connectivity index is 1.69. The quantitative estimate of drug-likeness (QED) is 0.851. The van der Waals surface area contributed by atoms with Crippen LogP contribution >= 0.6 is 0 Å². The SMILES string of the molecule is COc1ccc(CCN2Cc3cccn3CCC2=O)cc1OC. The minimum absolute atomic E-state index is 0.217. The number of benzene rings is 1. The molecule has 0 atom stereocenters. The van der Waals surface area contributed by atoms with E-state index < -0.39 is 0 Å². The Kier molecular flexibility index (Phi) is 4.55. The predicted octanol–water partition coefficient (Wildman–Crippen LogP) is 2.48. The van der Waals surface area contributed by atoms with Gasteiger partial charge in [0.05, 0.1) is 20.8 Å². The lowest BCUT2D eigenvalue weighted by atomic mass is 10.1. The molecular weight excluding hydrogens is 292 g/mol. The van der Waals surface area contributed by atoms with E-state index >= 15 is 0 Å². The molecule has 0 bridgehead atoms. The third kappa shape index (κ3) is 3.33. The number of aromatic nitrogens is 1. The molecule has 1 amide bonds. The molecule has 0 radical (unpaired) electrons. The number of ether oxygens (including phenoxy) is 2. The summed E-state index contributed by atoms with van der Waals surface area (Å²) in [6, 6.07) is 10.0. The third-order valence-electron chi connectivity index (χ3n) is 4.31. The van der Waals surface area contributed by atoms with Gasteiger partial charge in [-0.1, -0.05) is 6.07 Å². The number of rotatable bonds is 5. The number of carbonyl (C=O) groups excluding carboxylic acids is 1. The molecular formula is C18H22N2O3. The highest BCUT2D eigenvalue weighted by molar-refractivity contribution is 5.76. The summed E-state index contributed by atoms with van der Waals surface area (Å²) in [4.78, 5) is 14.2. The Morgan fingerprint density at radius 1 is 1.13 bits per heavy atom. The van der Waals surface area contributed by atoms with Gasteiger partial charge in [0.1, 0.15) is 0 Å². The molecule has 0 saturated heterocycles. The van der Waals surface area contributed by atoms with Crippen LogP contribution < -0.4 is 9.47 Å². The second-order valence-corrected chi connectivity index (χ2v) is 5.70. The van der Waals surface area contributed by atoms with E-state index in [-0.39, 0.29) is 5.91 Å². The van der Waals surface area contributed by atoms with E-state index in [9.17, 15) is 4.79 Å². The van der Waals surface area contributed by atoms with Crippen LogP contribution in [0.5, 0.6) is 11.5 Å². The summed E-state index contributed by atoms with van der Waals surface area (Å²) < 4.78 is 12.8. The fourth-order valence-corrected chi connectivity index (χ4v) is 2.97. The molecule has 0 saturated carbocycles. The van der Waals surface area contributed by atoms with Gasteiger partial charge in [-0.15, -0.1) is 0 Å². The van der Waals surface area contributed by atoms with Gasteiger partial charge in [-0.25, -0.2) is 0 Å². The first-order valence-electron chi connectivity index (χ1n) is 7.84. The van der Waals surface area contributed by atoms with Crippen molar-refractivity contribution in [1.82, 2.24) is 9.47 Å². The van der Waals surface area contributed by atoms with Gasteiger partial charge in [0.15, 0.2) is 11.5 Å². The van der Waals surface area contributed by atoms with Crippen LogP contribution in [-0.4, -0.2) is 36.1 Å². The molecule has 5 heteroatoms. The first-order valence-corrected chi connectivity index (χ1v) is 7.84. The summed E-state index contributed by atoms with van der Waals surface area (Å²) in [5.41, 5.74) is 2.33. The van der Waals surface area contributed by atoms with E-state index in [0.29, 0.717) is 19.5 Å². The largest absolute Gasteiger partial charge is 0.493 e. The number of hydrogen-bond acceptors (Lipinski definition) is 3. The number of methoxy groups -OCH3 is 2. The van der Waals surface area contributed by atoms with Gasteiger partial charge in [0.2, 0.25) is 5.91 Å². The van der Waals surface area contributed by atoms with E-state index in [4.69, 9.17) is 9.47 Å². The van der Waals surface area contributed by atoms with Crippen LogP contribution in [0.3, 0.4) is 0 Å². The van der Waals surface area contributed by atoms with Crippen LogP contribution in [0.25, 0.3) is 0 Å². The highest BCUT2D eigenvalue weighted by Gasteiger charge is 2.19. The zero-order valence-corrected chi connectivity index (χ0v) is 13.6. The van der Waals surface area contributed by atoms with Crippen LogP contribution in [0.4, 0.5) is 0 Å². The summed E-state index contributed by atoms with van der Waals surface area (Å²) in [6.07, 6.45) is 3.40. The van der Waals surface area contributed by atoms with E-state index in [0.717, 1.165) is 30.0 Å². The Morgan fingerprint density at radius 2 is 1.96 bits per heavy atom. The molecule has 0 spiro atoms. The second kappa shape index (κ2) is 6.77. The highest BCUT2D eigenvalue weighted by atomic mass is 16.5. The fraction of sp³-hybridized carbons (Fsp3) is 0.389. The second-order valence-electron chi connectivity index (χ2n) is 5.70. The van der Waals surface area contributed by atoms with Crippen molar-refractivity contribution < 1.29 is 14.3 Å². The Bertz CT molecular complexity index is 693. The number of carbonyl (C=O) groups is 1. The smallest absolute Gasteiger partial charge is 0.224 e. The normalized spacial score (nSPS) is 14.3. The minimum atomic E-state index is 0.217. The van der Waals surface area contributed by atoms with Crippen LogP contribution in [0.15, 0.2) is 36.5 Å². The first kappa shape index (κ1) is 15.5. The molecule has 1 aromatic carbocycles. The lowest BCUT2D eigenvalue weighted by molar-refractivity contribution is -0.131. The Hall–Kier alpha value is -2.43. The van der Waals surface area contributed by atoms with Crippen LogP contribution in [-0.2, 0) is 24.3 Å². The summed E-state index contributed by atoms with van der Waals surface area (Å²) in [5, 5.41) is 0. The van der Waals surface area contributed by atoms with Crippen molar-refractivity contribution in [3.05, 3.63) is 47.8 Å². The summed E-state index contributed by atoms with van der Waals surface area (Å²) in [7, 11) is 3.26. The molecule has 23 heavy (non-hydrogen) atoms. The lowest BCUT2D eigenvalue weighted by Gasteiger charge is -2.20. The van der Waals surface area contributed by atoms with E-state index in [1.165, 1.54) is 5.69 Å². The van der Waals surface area contributed by atoms with Crippen LogP contribution in [0, 0.1) is 0 Å². The summed E-state index contributed by atoms with van der Waals surface area (Å²) in [5.74, 6) is 1.66. The molecule has 0 unspecified atom stereocenters. The van der Waals surface area contributed by atoms with Crippen LogP contribution in [0.1, 0.15) is 17.7 Å². The molecule has 2 heterocycles. The maximum atomic E-state index is 12.3. The maximum Gasteiger partial charge on any atom is 0.224 e. The maximum absolute atomic E-state index is 12.3. The number of aryl methyl sites for hydroxylation is 1. The summed E-state index contributed by atoms with van der Waals surface area (Å²) >= 11 is 0. The Morgan fingerprint density at radius 3 is 2.74 bits per heavy atom.